The van der Waals surface area contributed by atoms with E-state index in [1.807, 2.05) is 4.90 Å². The van der Waals surface area contributed by atoms with Crippen LogP contribution in [0.1, 0.15) is 44.1 Å². The maximum atomic E-state index is 12.6. The van der Waals surface area contributed by atoms with E-state index >= 15 is 0 Å². The number of anilines is 1. The maximum Gasteiger partial charge on any atom is 0.240 e. The number of amides is 1. The fraction of sp³-hybridized carbons (Fsp3) is 0.650. The van der Waals surface area contributed by atoms with Crippen LogP contribution in [0.4, 0.5) is 5.69 Å². The zero-order chi connectivity index (χ0) is 18.9. The van der Waals surface area contributed by atoms with Crippen LogP contribution in [0.5, 0.6) is 0 Å². The molecule has 7 heteroatoms. The highest BCUT2D eigenvalue weighted by molar-refractivity contribution is 7.89. The highest BCUT2D eigenvalue weighted by atomic mass is 32.2. The number of sulfonamides is 1. The van der Waals surface area contributed by atoms with Gasteiger partial charge in [0.2, 0.25) is 15.9 Å². The third kappa shape index (κ3) is 4.05. The first kappa shape index (κ1) is 18.9. The molecule has 2 aliphatic heterocycles. The molecule has 1 saturated carbocycles. The average Bonchev–Trinajstić information content (AvgIpc) is 3.26. The summed E-state index contributed by atoms with van der Waals surface area (Å²) in [5.41, 5.74) is 1.85. The number of benzene rings is 1. The summed E-state index contributed by atoms with van der Waals surface area (Å²) in [6.45, 7) is 4.34. The molecule has 1 N–H and O–H groups in total. The number of hydrogen-bond acceptors (Lipinski definition) is 4. The lowest BCUT2D eigenvalue weighted by atomic mass is 9.84. The van der Waals surface area contributed by atoms with Gasteiger partial charge in [0.25, 0.3) is 0 Å². The monoisotopic (exact) mass is 391 g/mol. The van der Waals surface area contributed by atoms with Crippen LogP contribution in [0.2, 0.25) is 0 Å². The predicted molar refractivity (Wildman–Crippen MR) is 105 cm³/mol. The zero-order valence-electron chi connectivity index (χ0n) is 15.8. The maximum absolute atomic E-state index is 12.6. The van der Waals surface area contributed by atoms with Gasteiger partial charge in [-0.2, -0.15) is 0 Å². The summed E-state index contributed by atoms with van der Waals surface area (Å²) >= 11 is 0. The second-order valence-corrected chi connectivity index (χ2v) is 9.73. The summed E-state index contributed by atoms with van der Waals surface area (Å²) < 4.78 is 27.9. The smallest absolute Gasteiger partial charge is 0.240 e. The molecule has 3 aliphatic rings. The van der Waals surface area contributed by atoms with Gasteiger partial charge in [-0.15, -0.1) is 0 Å². The predicted octanol–water partition coefficient (Wildman–Crippen LogP) is 2.14. The van der Waals surface area contributed by atoms with E-state index in [9.17, 15) is 13.2 Å². The van der Waals surface area contributed by atoms with E-state index in [1.165, 1.54) is 12.8 Å². The first-order valence-corrected chi connectivity index (χ1v) is 11.7. The molecule has 1 saturated heterocycles. The summed E-state index contributed by atoms with van der Waals surface area (Å²) in [6.07, 6.45) is 7.16. The van der Waals surface area contributed by atoms with E-state index in [4.69, 9.17) is 0 Å². The minimum absolute atomic E-state index is 0.164. The molecule has 0 aromatic heterocycles. The lowest BCUT2D eigenvalue weighted by Crippen LogP contribution is -2.37. The highest BCUT2D eigenvalue weighted by Gasteiger charge is 2.33. The summed E-state index contributed by atoms with van der Waals surface area (Å²) in [7, 11) is -3.50. The van der Waals surface area contributed by atoms with Crippen LogP contribution in [-0.2, 0) is 21.2 Å². The van der Waals surface area contributed by atoms with Crippen LogP contribution in [0.25, 0.3) is 0 Å². The van der Waals surface area contributed by atoms with Crippen molar-refractivity contribution in [2.24, 2.45) is 5.92 Å². The van der Waals surface area contributed by atoms with Gasteiger partial charge in [-0.3, -0.25) is 4.79 Å². The number of rotatable bonds is 7. The number of nitrogens with one attached hydrogen (secondary N) is 1. The van der Waals surface area contributed by atoms with Crippen LogP contribution in [0.15, 0.2) is 23.1 Å². The lowest BCUT2D eigenvalue weighted by molar-refractivity contribution is -0.124. The van der Waals surface area contributed by atoms with E-state index in [1.54, 1.807) is 18.2 Å². The van der Waals surface area contributed by atoms with Crippen molar-refractivity contribution in [1.82, 2.24) is 9.62 Å². The molecule has 2 heterocycles. The molecule has 0 spiro atoms. The summed E-state index contributed by atoms with van der Waals surface area (Å²) in [5, 5.41) is 0. The number of carbonyl (C=O) groups excluding carboxylic acids is 1. The fourth-order valence-electron chi connectivity index (χ4n) is 4.25. The number of nitrogens with zero attached hydrogens (tertiary/aromatic N) is 2. The van der Waals surface area contributed by atoms with Gasteiger partial charge in [-0.25, -0.2) is 13.1 Å². The molecule has 0 atom stereocenters. The SMILES string of the molecule is O=C(C1CCC1)N1CCc2cc(S(=O)(=O)NCCCN3CCCC3)ccc21. The summed E-state index contributed by atoms with van der Waals surface area (Å²) in [4.78, 5) is 17.1. The fourth-order valence-corrected chi connectivity index (χ4v) is 5.37. The Kier molecular flexibility index (Phi) is 5.53. The van der Waals surface area contributed by atoms with E-state index in [0.29, 0.717) is 18.0 Å². The van der Waals surface area contributed by atoms with Crippen LogP contribution < -0.4 is 9.62 Å². The molecule has 1 aromatic carbocycles. The van der Waals surface area contributed by atoms with Gasteiger partial charge >= 0.3 is 0 Å². The first-order chi connectivity index (χ1) is 13.0. The van der Waals surface area contributed by atoms with Crippen LogP contribution in [-0.4, -0.2) is 51.9 Å². The Morgan fingerprint density at radius 3 is 2.59 bits per heavy atom. The summed E-state index contributed by atoms with van der Waals surface area (Å²) in [6, 6.07) is 5.18. The molecular formula is C20H29N3O3S. The second kappa shape index (κ2) is 7.89. The average molecular weight is 392 g/mol. The lowest BCUT2D eigenvalue weighted by Gasteiger charge is -2.29. The van der Waals surface area contributed by atoms with Gasteiger partial charge < -0.3 is 9.80 Å². The molecule has 0 radical (unpaired) electrons. The molecule has 27 heavy (non-hydrogen) atoms. The van der Waals surface area contributed by atoms with Gasteiger partial charge in [-0.05, 0) is 81.9 Å². The van der Waals surface area contributed by atoms with Crippen LogP contribution in [0, 0.1) is 5.92 Å². The number of hydrogen-bond donors (Lipinski definition) is 1. The summed E-state index contributed by atoms with van der Waals surface area (Å²) in [5.74, 6) is 0.368. The minimum atomic E-state index is -3.50. The largest absolute Gasteiger partial charge is 0.312 e. The molecule has 6 nitrogen and oxygen atoms in total. The van der Waals surface area contributed by atoms with Crippen molar-refractivity contribution in [3.8, 4) is 0 Å². The van der Waals surface area contributed by atoms with Crippen LogP contribution >= 0.6 is 0 Å². The molecule has 0 bridgehead atoms. The highest BCUT2D eigenvalue weighted by Crippen LogP contribution is 2.35. The quantitative estimate of drug-likeness (QED) is 0.723. The third-order valence-corrected chi connectivity index (χ3v) is 7.58. The van der Waals surface area contributed by atoms with Gasteiger partial charge in [0, 0.05) is 24.7 Å². The van der Waals surface area contributed by atoms with Crippen molar-refractivity contribution in [1.29, 1.82) is 0 Å². The Balaban J connectivity index is 1.36. The number of likely N-dealkylation sites (tertiary alicyclic amines) is 1. The molecule has 0 unspecified atom stereocenters. The van der Waals surface area contributed by atoms with E-state index in [2.05, 4.69) is 9.62 Å². The van der Waals surface area contributed by atoms with E-state index in [0.717, 1.165) is 63.0 Å². The molecule has 1 aromatic rings. The molecular weight excluding hydrogens is 362 g/mol. The molecule has 1 amide bonds. The van der Waals surface area contributed by atoms with E-state index in [-0.39, 0.29) is 11.8 Å². The zero-order valence-corrected chi connectivity index (χ0v) is 16.6. The van der Waals surface area contributed by atoms with Crippen molar-refractivity contribution in [2.45, 2.75) is 49.8 Å². The number of fused-ring (bicyclic) bond motifs is 1. The van der Waals surface area contributed by atoms with Crippen molar-refractivity contribution in [2.75, 3.05) is 37.6 Å². The van der Waals surface area contributed by atoms with Gasteiger partial charge in [0.15, 0.2) is 0 Å². The topological polar surface area (TPSA) is 69.7 Å². The Hall–Kier alpha value is -1.44. The molecule has 1 aliphatic carbocycles. The normalized spacial score (nSPS) is 20.7. The molecule has 4 rings (SSSR count). The van der Waals surface area contributed by atoms with Crippen molar-refractivity contribution in [3.63, 3.8) is 0 Å². The third-order valence-electron chi connectivity index (χ3n) is 6.12. The van der Waals surface area contributed by atoms with E-state index < -0.39 is 10.0 Å². The Morgan fingerprint density at radius 1 is 1.11 bits per heavy atom. The van der Waals surface area contributed by atoms with Gasteiger partial charge in [-0.1, -0.05) is 6.42 Å². The molecule has 148 valence electrons. The van der Waals surface area contributed by atoms with Gasteiger partial charge in [0.05, 0.1) is 4.90 Å². The van der Waals surface area contributed by atoms with Crippen LogP contribution in [0.3, 0.4) is 0 Å². The molecule has 2 fully saturated rings. The second-order valence-electron chi connectivity index (χ2n) is 7.96. The van der Waals surface area contributed by atoms with Crippen molar-refractivity contribution in [3.05, 3.63) is 23.8 Å². The Labute approximate surface area is 162 Å². The first-order valence-electron chi connectivity index (χ1n) is 10.2. The van der Waals surface area contributed by atoms with Crippen molar-refractivity contribution >= 4 is 21.6 Å². The van der Waals surface area contributed by atoms with Gasteiger partial charge in [0.1, 0.15) is 0 Å². The van der Waals surface area contributed by atoms with Crippen molar-refractivity contribution < 1.29 is 13.2 Å². The number of carbonyl (C=O) groups is 1. The standard InChI is InChI=1S/C20H29N3O3S/c24-20(16-5-3-6-16)23-14-9-17-15-18(7-8-19(17)23)27(25,26)21-10-4-13-22-11-1-2-12-22/h7-8,15-16,21H,1-6,9-14H2. The Bertz CT molecular complexity index is 799. The minimum Gasteiger partial charge on any atom is -0.312 e. The Morgan fingerprint density at radius 2 is 1.89 bits per heavy atom.